The van der Waals surface area contributed by atoms with Gasteiger partial charge in [-0.15, -0.1) is 0 Å². The molecule has 0 radical (unpaired) electrons. The van der Waals surface area contributed by atoms with Crippen molar-refractivity contribution in [1.29, 1.82) is 0 Å². The molecular formula is C13H11ClF2N2O3. The molecule has 1 aromatic rings. The second-order valence-corrected chi connectivity index (χ2v) is 5.48. The van der Waals surface area contributed by atoms with Gasteiger partial charge in [0.1, 0.15) is 12.1 Å². The summed E-state index contributed by atoms with van der Waals surface area (Å²) in [7, 11) is 0. The van der Waals surface area contributed by atoms with Crippen molar-refractivity contribution in [3.8, 4) is 0 Å². The van der Waals surface area contributed by atoms with Crippen molar-refractivity contribution in [3.05, 3.63) is 34.4 Å². The molecule has 0 spiro atoms. The highest BCUT2D eigenvalue weighted by atomic mass is 35.5. The summed E-state index contributed by atoms with van der Waals surface area (Å²) in [6.07, 6.45) is 0. The first-order chi connectivity index (χ1) is 9.64. The third-order valence-corrected chi connectivity index (χ3v) is 3.58. The molecule has 0 saturated carbocycles. The number of imide groups is 1. The van der Waals surface area contributed by atoms with E-state index in [1.807, 2.05) is 0 Å². The fourth-order valence-electron chi connectivity index (χ4n) is 1.94. The van der Waals surface area contributed by atoms with Crippen molar-refractivity contribution in [2.24, 2.45) is 0 Å². The predicted molar refractivity (Wildman–Crippen MR) is 69.6 cm³/mol. The minimum absolute atomic E-state index is 0.298. The molecule has 0 aliphatic carbocycles. The van der Waals surface area contributed by atoms with Crippen LogP contribution in [0.4, 0.5) is 8.78 Å². The lowest BCUT2D eigenvalue weighted by Gasteiger charge is -2.40. The topological polar surface area (TPSA) is 66.5 Å². The number of amides is 3. The van der Waals surface area contributed by atoms with Crippen LogP contribution in [-0.4, -0.2) is 34.7 Å². The van der Waals surface area contributed by atoms with Gasteiger partial charge >= 0.3 is 0 Å². The molecule has 1 saturated heterocycles. The minimum atomic E-state index is -1.32. The molecule has 5 nitrogen and oxygen atoms in total. The molecule has 1 heterocycles. The second-order valence-electron chi connectivity index (χ2n) is 5.07. The number of halogens is 3. The van der Waals surface area contributed by atoms with E-state index in [0.717, 1.165) is 4.90 Å². The molecule has 2 rings (SSSR count). The lowest BCUT2D eigenvalue weighted by atomic mass is 9.97. The summed E-state index contributed by atoms with van der Waals surface area (Å²) in [5.74, 6) is -4.58. The molecule has 1 aliphatic heterocycles. The van der Waals surface area contributed by atoms with E-state index >= 15 is 0 Å². The summed E-state index contributed by atoms with van der Waals surface area (Å²) >= 11 is 5.74. The third kappa shape index (κ3) is 2.61. The SMILES string of the molecule is CC1(C)C(=O)NC(=O)CN1C(=O)c1cc(F)c(F)cc1Cl. The van der Waals surface area contributed by atoms with Gasteiger partial charge in [0.05, 0.1) is 10.6 Å². The number of hydrogen-bond acceptors (Lipinski definition) is 3. The Morgan fingerprint density at radius 1 is 1.29 bits per heavy atom. The molecule has 21 heavy (non-hydrogen) atoms. The normalized spacial score (nSPS) is 17.7. The van der Waals surface area contributed by atoms with Gasteiger partial charge in [0.15, 0.2) is 11.6 Å². The average molecular weight is 317 g/mol. The summed E-state index contributed by atoms with van der Waals surface area (Å²) in [4.78, 5) is 36.6. The molecule has 0 aromatic heterocycles. The fraction of sp³-hybridized carbons (Fsp3) is 0.308. The standard InChI is InChI=1S/C13H11ClF2N2O3/c1-13(2)12(21)17-10(19)5-18(13)11(20)6-3-8(15)9(16)4-7(6)14/h3-4H,5H2,1-2H3,(H,17,19,21). The highest BCUT2D eigenvalue weighted by molar-refractivity contribution is 6.34. The van der Waals surface area contributed by atoms with Crippen LogP contribution >= 0.6 is 11.6 Å². The Morgan fingerprint density at radius 3 is 2.48 bits per heavy atom. The second kappa shape index (κ2) is 5.07. The van der Waals surface area contributed by atoms with Crippen LogP contribution < -0.4 is 5.32 Å². The summed E-state index contributed by atoms with van der Waals surface area (Å²) in [6, 6.07) is 1.32. The van der Waals surface area contributed by atoms with E-state index in [0.29, 0.717) is 12.1 Å². The maximum Gasteiger partial charge on any atom is 0.256 e. The van der Waals surface area contributed by atoms with Gasteiger partial charge in [0.25, 0.3) is 11.8 Å². The molecular weight excluding hydrogens is 306 g/mol. The number of carbonyl (C=O) groups is 3. The van der Waals surface area contributed by atoms with Crippen LogP contribution in [-0.2, 0) is 9.59 Å². The van der Waals surface area contributed by atoms with E-state index in [9.17, 15) is 23.2 Å². The van der Waals surface area contributed by atoms with E-state index in [1.54, 1.807) is 0 Å². The fourth-order valence-corrected chi connectivity index (χ4v) is 2.17. The van der Waals surface area contributed by atoms with Crippen LogP contribution in [0, 0.1) is 11.6 Å². The van der Waals surface area contributed by atoms with Crippen LogP contribution in [0.1, 0.15) is 24.2 Å². The van der Waals surface area contributed by atoms with Gasteiger partial charge in [-0.25, -0.2) is 8.78 Å². The number of nitrogens with zero attached hydrogens (tertiary/aromatic N) is 1. The van der Waals surface area contributed by atoms with Gasteiger partial charge in [-0.3, -0.25) is 19.7 Å². The molecule has 1 N–H and O–H groups in total. The summed E-state index contributed by atoms with van der Waals surface area (Å²) in [5.41, 5.74) is -1.63. The Kier molecular flexibility index (Phi) is 3.71. The van der Waals surface area contributed by atoms with Gasteiger partial charge in [-0.05, 0) is 26.0 Å². The van der Waals surface area contributed by atoms with Crippen LogP contribution in [0.2, 0.25) is 5.02 Å². The first-order valence-electron chi connectivity index (χ1n) is 5.95. The van der Waals surface area contributed by atoms with Gasteiger partial charge in [-0.1, -0.05) is 11.6 Å². The van der Waals surface area contributed by atoms with Crippen molar-refractivity contribution in [3.63, 3.8) is 0 Å². The van der Waals surface area contributed by atoms with Crippen molar-refractivity contribution < 1.29 is 23.2 Å². The van der Waals surface area contributed by atoms with E-state index in [2.05, 4.69) is 5.32 Å². The third-order valence-electron chi connectivity index (χ3n) is 3.27. The first-order valence-corrected chi connectivity index (χ1v) is 6.33. The Hall–Kier alpha value is -2.02. The minimum Gasteiger partial charge on any atom is -0.315 e. The van der Waals surface area contributed by atoms with Crippen molar-refractivity contribution >= 4 is 29.3 Å². The Bertz CT molecular complexity index is 661. The summed E-state index contributed by atoms with van der Waals surface area (Å²) in [6.45, 7) is 2.48. The zero-order valence-electron chi connectivity index (χ0n) is 11.2. The van der Waals surface area contributed by atoms with Crippen LogP contribution in [0.5, 0.6) is 0 Å². The van der Waals surface area contributed by atoms with E-state index < -0.39 is 34.9 Å². The number of rotatable bonds is 1. The average Bonchev–Trinajstić information content (AvgIpc) is 2.37. The maximum absolute atomic E-state index is 13.3. The highest BCUT2D eigenvalue weighted by Crippen LogP contribution is 2.26. The lowest BCUT2D eigenvalue weighted by Crippen LogP contribution is -2.65. The molecule has 1 aromatic carbocycles. The molecule has 8 heteroatoms. The quantitative estimate of drug-likeness (QED) is 0.630. The van der Waals surface area contributed by atoms with Crippen LogP contribution in [0.3, 0.4) is 0 Å². The molecule has 1 fully saturated rings. The van der Waals surface area contributed by atoms with E-state index in [1.165, 1.54) is 13.8 Å². The number of carbonyl (C=O) groups excluding carboxylic acids is 3. The molecule has 0 unspecified atom stereocenters. The van der Waals surface area contributed by atoms with Crippen molar-refractivity contribution in [2.45, 2.75) is 19.4 Å². The maximum atomic E-state index is 13.3. The molecule has 0 atom stereocenters. The number of piperazine rings is 1. The Labute approximate surface area is 123 Å². The summed E-state index contributed by atoms with van der Waals surface area (Å²) < 4.78 is 26.3. The zero-order chi connectivity index (χ0) is 15.9. The highest BCUT2D eigenvalue weighted by Gasteiger charge is 2.44. The zero-order valence-corrected chi connectivity index (χ0v) is 11.9. The molecule has 112 valence electrons. The largest absolute Gasteiger partial charge is 0.315 e. The monoisotopic (exact) mass is 316 g/mol. The number of benzene rings is 1. The van der Waals surface area contributed by atoms with E-state index in [4.69, 9.17) is 11.6 Å². The Balaban J connectivity index is 2.46. The number of hydrogen-bond donors (Lipinski definition) is 1. The molecule has 0 bridgehead atoms. The molecule has 3 amide bonds. The lowest BCUT2D eigenvalue weighted by molar-refractivity contribution is -0.143. The number of nitrogens with one attached hydrogen (secondary N) is 1. The van der Waals surface area contributed by atoms with Gasteiger partial charge in [-0.2, -0.15) is 0 Å². The molecule has 1 aliphatic rings. The van der Waals surface area contributed by atoms with E-state index in [-0.39, 0.29) is 17.1 Å². The first kappa shape index (κ1) is 15.4. The van der Waals surface area contributed by atoms with Gasteiger partial charge < -0.3 is 4.90 Å². The van der Waals surface area contributed by atoms with Crippen molar-refractivity contribution in [2.75, 3.05) is 6.54 Å². The summed E-state index contributed by atoms with van der Waals surface area (Å²) in [5, 5.41) is 1.80. The smallest absolute Gasteiger partial charge is 0.256 e. The Morgan fingerprint density at radius 2 is 1.86 bits per heavy atom. The van der Waals surface area contributed by atoms with Crippen molar-refractivity contribution in [1.82, 2.24) is 10.2 Å². The van der Waals surface area contributed by atoms with Crippen LogP contribution in [0.25, 0.3) is 0 Å². The van der Waals surface area contributed by atoms with Crippen LogP contribution in [0.15, 0.2) is 12.1 Å². The predicted octanol–water partition coefficient (Wildman–Crippen LogP) is 1.50. The van der Waals surface area contributed by atoms with Gasteiger partial charge in [0, 0.05) is 0 Å². The van der Waals surface area contributed by atoms with Gasteiger partial charge in [0.2, 0.25) is 5.91 Å².